The summed E-state index contributed by atoms with van der Waals surface area (Å²) in [5.74, 6) is 0.156. The summed E-state index contributed by atoms with van der Waals surface area (Å²) in [6.45, 7) is 0.600. The average Bonchev–Trinajstić information content (AvgIpc) is 3.39. The Labute approximate surface area is 248 Å². The highest BCUT2D eigenvalue weighted by molar-refractivity contribution is 7.90. The maximum atomic E-state index is 13.8. The van der Waals surface area contributed by atoms with Crippen molar-refractivity contribution in [3.63, 3.8) is 0 Å². The number of hydrogen-bond donors (Lipinski definition) is 2. The zero-order valence-corrected chi connectivity index (χ0v) is 24.2. The van der Waals surface area contributed by atoms with Crippen molar-refractivity contribution in [1.29, 1.82) is 0 Å². The number of nitrogens with zero attached hydrogens (tertiary/aromatic N) is 3. The summed E-state index contributed by atoms with van der Waals surface area (Å²) in [6.07, 6.45) is 1.17. The Morgan fingerprint density at radius 1 is 1.00 bits per heavy atom. The number of anilines is 2. The van der Waals surface area contributed by atoms with Gasteiger partial charge in [-0.05, 0) is 47.5 Å². The second kappa shape index (κ2) is 11.3. The van der Waals surface area contributed by atoms with Crippen LogP contribution in [-0.2, 0) is 21.2 Å². The van der Waals surface area contributed by atoms with Crippen molar-refractivity contribution >= 4 is 44.1 Å². The number of nitrogens with two attached hydrogens (primary N) is 1. The van der Waals surface area contributed by atoms with Crippen LogP contribution < -0.4 is 15.4 Å². The second-order valence-electron chi connectivity index (χ2n) is 10.4. The van der Waals surface area contributed by atoms with E-state index < -0.39 is 9.84 Å². The van der Waals surface area contributed by atoms with Crippen molar-refractivity contribution in [2.45, 2.75) is 11.4 Å². The van der Waals surface area contributed by atoms with Gasteiger partial charge in [0.15, 0.2) is 15.7 Å². The van der Waals surface area contributed by atoms with Crippen LogP contribution in [0.4, 0.5) is 11.5 Å². The SMILES string of the molecule is CS(=O)(=O)c1ccccc1-c1ccc2c(c1)OCCN2C(=O)CN(Cc1ccccc1)C(=O)c1ccc2[nH]nc(N)c2c1. The summed E-state index contributed by atoms with van der Waals surface area (Å²) < 4.78 is 30.7. The van der Waals surface area contributed by atoms with E-state index in [-0.39, 0.29) is 36.4 Å². The number of aromatic nitrogens is 2. The molecule has 218 valence electrons. The topological polar surface area (TPSA) is 139 Å². The summed E-state index contributed by atoms with van der Waals surface area (Å²) in [5.41, 5.74) is 9.72. The van der Waals surface area contributed by atoms with Crippen LogP contribution in [0.5, 0.6) is 5.75 Å². The maximum absolute atomic E-state index is 13.8. The molecule has 0 atom stereocenters. The highest BCUT2D eigenvalue weighted by Gasteiger charge is 2.28. The van der Waals surface area contributed by atoms with Gasteiger partial charge in [-0.3, -0.25) is 14.7 Å². The Balaban J connectivity index is 1.30. The van der Waals surface area contributed by atoms with Gasteiger partial charge in [0.1, 0.15) is 18.9 Å². The molecule has 1 aliphatic rings. The number of hydrogen-bond acceptors (Lipinski definition) is 7. The Kier molecular flexibility index (Phi) is 7.32. The molecule has 5 aromatic rings. The lowest BCUT2D eigenvalue weighted by atomic mass is 10.0. The highest BCUT2D eigenvalue weighted by atomic mass is 32.2. The Morgan fingerprint density at radius 2 is 1.77 bits per heavy atom. The molecule has 10 nitrogen and oxygen atoms in total. The lowest BCUT2D eigenvalue weighted by Crippen LogP contribution is -2.45. The molecule has 0 saturated heterocycles. The van der Waals surface area contributed by atoms with E-state index in [1.54, 1.807) is 65.6 Å². The maximum Gasteiger partial charge on any atom is 0.254 e. The molecule has 0 unspecified atom stereocenters. The molecule has 0 bridgehead atoms. The van der Waals surface area contributed by atoms with E-state index >= 15 is 0 Å². The van der Waals surface area contributed by atoms with Crippen LogP contribution in [0, 0.1) is 0 Å². The van der Waals surface area contributed by atoms with Crippen LogP contribution in [0.1, 0.15) is 15.9 Å². The van der Waals surface area contributed by atoms with Crippen molar-refractivity contribution in [3.05, 3.63) is 102 Å². The Hall–Kier alpha value is -5.16. The number of ether oxygens (including phenoxy) is 1. The van der Waals surface area contributed by atoms with Gasteiger partial charge in [-0.25, -0.2) is 8.42 Å². The van der Waals surface area contributed by atoms with Crippen molar-refractivity contribution in [2.24, 2.45) is 0 Å². The molecular weight excluding hydrogens is 566 g/mol. The first-order valence-corrected chi connectivity index (χ1v) is 15.5. The van der Waals surface area contributed by atoms with E-state index in [1.807, 2.05) is 30.3 Å². The number of benzene rings is 4. The van der Waals surface area contributed by atoms with Crippen LogP contribution in [0.15, 0.2) is 95.9 Å². The van der Waals surface area contributed by atoms with E-state index in [0.29, 0.717) is 51.4 Å². The fourth-order valence-electron chi connectivity index (χ4n) is 5.28. The standard InChI is InChI=1S/C32H29N5O5S/c1-43(40,41)29-10-6-5-9-24(29)22-12-14-27-28(18-22)42-16-15-37(27)30(38)20-36(19-21-7-3-2-4-8-21)32(39)23-11-13-26-25(17-23)31(33)35-34-26/h2-14,17-18H,15-16,19-20H2,1H3,(H3,33,34,35). The van der Waals surface area contributed by atoms with Gasteiger partial charge >= 0.3 is 0 Å². The number of carbonyl (C=O) groups excluding carboxylic acids is 2. The monoisotopic (exact) mass is 595 g/mol. The average molecular weight is 596 g/mol. The Morgan fingerprint density at radius 3 is 2.56 bits per heavy atom. The highest BCUT2D eigenvalue weighted by Crippen LogP contribution is 2.37. The normalized spacial score (nSPS) is 12.9. The fourth-order valence-corrected chi connectivity index (χ4v) is 6.19. The largest absolute Gasteiger partial charge is 0.490 e. The molecule has 2 amide bonds. The molecule has 1 aromatic heterocycles. The molecule has 11 heteroatoms. The van der Waals surface area contributed by atoms with E-state index in [2.05, 4.69) is 10.2 Å². The number of amides is 2. The predicted octanol–water partition coefficient (Wildman–Crippen LogP) is 4.28. The van der Waals surface area contributed by atoms with Gasteiger partial charge in [0.25, 0.3) is 5.91 Å². The first kappa shape index (κ1) is 28.0. The van der Waals surface area contributed by atoms with Crippen LogP contribution in [0.3, 0.4) is 0 Å². The first-order valence-electron chi connectivity index (χ1n) is 13.6. The third-order valence-corrected chi connectivity index (χ3v) is 8.55. The van der Waals surface area contributed by atoms with Gasteiger partial charge in [-0.1, -0.05) is 54.6 Å². The molecule has 0 spiro atoms. The van der Waals surface area contributed by atoms with Crippen molar-refractivity contribution in [1.82, 2.24) is 15.1 Å². The van der Waals surface area contributed by atoms with E-state index in [4.69, 9.17) is 10.5 Å². The molecule has 1 aliphatic heterocycles. The molecule has 0 radical (unpaired) electrons. The summed E-state index contributed by atoms with van der Waals surface area (Å²) in [5, 5.41) is 7.47. The second-order valence-corrected chi connectivity index (χ2v) is 12.3. The number of nitrogen functional groups attached to an aromatic ring is 1. The minimum atomic E-state index is -3.46. The number of sulfone groups is 1. The van der Waals surface area contributed by atoms with Crippen LogP contribution in [-0.4, -0.2) is 61.3 Å². The molecule has 2 heterocycles. The van der Waals surface area contributed by atoms with E-state index in [1.165, 1.54) is 11.2 Å². The number of fused-ring (bicyclic) bond motifs is 2. The number of aromatic amines is 1. The van der Waals surface area contributed by atoms with Crippen LogP contribution >= 0.6 is 0 Å². The number of H-pyrrole nitrogens is 1. The lowest BCUT2D eigenvalue weighted by molar-refractivity contribution is -0.119. The number of rotatable bonds is 7. The zero-order chi connectivity index (χ0) is 30.1. The summed E-state index contributed by atoms with van der Waals surface area (Å²) >= 11 is 0. The van der Waals surface area contributed by atoms with Gasteiger partial charge in [-0.15, -0.1) is 0 Å². The van der Waals surface area contributed by atoms with Crippen molar-refractivity contribution < 1.29 is 22.7 Å². The van der Waals surface area contributed by atoms with E-state index in [0.717, 1.165) is 5.56 Å². The molecule has 4 aromatic carbocycles. The predicted molar refractivity (Wildman–Crippen MR) is 165 cm³/mol. The molecule has 3 N–H and O–H groups in total. The molecule has 43 heavy (non-hydrogen) atoms. The van der Waals surface area contributed by atoms with Gasteiger partial charge in [-0.2, -0.15) is 5.10 Å². The van der Waals surface area contributed by atoms with E-state index in [9.17, 15) is 18.0 Å². The summed E-state index contributed by atoms with van der Waals surface area (Å²) in [6, 6.07) is 26.6. The number of nitrogens with one attached hydrogen (secondary N) is 1. The molecule has 0 fully saturated rings. The smallest absolute Gasteiger partial charge is 0.254 e. The van der Waals surface area contributed by atoms with Gasteiger partial charge in [0.05, 0.1) is 22.6 Å². The molecule has 6 rings (SSSR count). The van der Waals surface area contributed by atoms with Crippen LogP contribution in [0.25, 0.3) is 22.0 Å². The minimum absolute atomic E-state index is 0.176. The summed E-state index contributed by atoms with van der Waals surface area (Å²) in [7, 11) is -3.46. The fraction of sp³-hybridized carbons (Fsp3) is 0.156. The molecular formula is C32H29N5O5S. The third kappa shape index (κ3) is 5.67. The lowest BCUT2D eigenvalue weighted by Gasteiger charge is -2.32. The van der Waals surface area contributed by atoms with Gasteiger partial charge in [0.2, 0.25) is 5.91 Å². The third-order valence-electron chi connectivity index (χ3n) is 7.39. The molecule has 0 aliphatic carbocycles. The first-order chi connectivity index (χ1) is 20.7. The number of carbonyl (C=O) groups is 2. The van der Waals surface area contributed by atoms with Gasteiger partial charge in [0, 0.05) is 29.3 Å². The minimum Gasteiger partial charge on any atom is -0.490 e. The van der Waals surface area contributed by atoms with Gasteiger partial charge < -0.3 is 20.3 Å². The molecule has 0 saturated carbocycles. The van der Waals surface area contributed by atoms with Crippen LogP contribution in [0.2, 0.25) is 0 Å². The Bertz CT molecular complexity index is 1960. The zero-order valence-electron chi connectivity index (χ0n) is 23.4. The summed E-state index contributed by atoms with van der Waals surface area (Å²) in [4.78, 5) is 31.0. The van der Waals surface area contributed by atoms with Crippen molar-refractivity contribution in [2.75, 3.05) is 36.6 Å². The van der Waals surface area contributed by atoms with Crippen molar-refractivity contribution in [3.8, 4) is 16.9 Å². The quantitative estimate of drug-likeness (QED) is 0.286.